The molecule has 4 bridgehead atoms. The lowest BCUT2D eigenvalue weighted by Crippen LogP contribution is -2.57. The summed E-state index contributed by atoms with van der Waals surface area (Å²) in [4.78, 5) is 46.5. The number of carbonyl (C=O) groups excluding carboxylic acids is 3. The third-order valence-electron chi connectivity index (χ3n) is 9.18. The van der Waals surface area contributed by atoms with Gasteiger partial charge in [-0.05, 0) is 82.6 Å². The first-order valence-corrected chi connectivity index (χ1v) is 14.6. The minimum atomic E-state index is -0.296. The lowest BCUT2D eigenvalue weighted by Gasteiger charge is -2.42. The van der Waals surface area contributed by atoms with Crippen molar-refractivity contribution in [1.29, 1.82) is 0 Å². The van der Waals surface area contributed by atoms with Crippen molar-refractivity contribution in [3.63, 3.8) is 0 Å². The number of rotatable bonds is 8. The van der Waals surface area contributed by atoms with Crippen LogP contribution in [0, 0.1) is 0 Å². The number of amides is 2. The maximum atomic E-state index is 13.6. The topological polar surface area (TPSA) is 60.9 Å². The number of carbonyl (C=O) groups is 3. The molecule has 1 aromatic carbocycles. The average Bonchev–Trinajstić information content (AvgIpc) is 3.05. The van der Waals surface area contributed by atoms with Crippen LogP contribution in [-0.4, -0.2) is 76.1 Å². The molecule has 2 amide bonds. The van der Waals surface area contributed by atoms with Crippen LogP contribution < -0.4 is 0 Å². The molecule has 6 heteroatoms. The number of ketones is 1. The third-order valence-corrected chi connectivity index (χ3v) is 9.18. The minimum Gasteiger partial charge on any atom is -0.341 e. The van der Waals surface area contributed by atoms with E-state index < -0.39 is 0 Å². The molecule has 0 aliphatic carbocycles. The molecule has 0 saturated carbocycles. The summed E-state index contributed by atoms with van der Waals surface area (Å²) in [5, 5.41) is 0. The van der Waals surface area contributed by atoms with Gasteiger partial charge in [-0.15, -0.1) is 0 Å². The summed E-state index contributed by atoms with van der Waals surface area (Å²) < 4.78 is 0. The third kappa shape index (κ3) is 5.69. The van der Waals surface area contributed by atoms with E-state index >= 15 is 0 Å². The van der Waals surface area contributed by atoms with Crippen molar-refractivity contribution in [1.82, 2.24) is 14.7 Å². The quantitative estimate of drug-likeness (QED) is 0.399. The van der Waals surface area contributed by atoms with Crippen LogP contribution >= 0.6 is 0 Å². The van der Waals surface area contributed by atoms with Gasteiger partial charge in [-0.3, -0.25) is 19.3 Å². The van der Waals surface area contributed by atoms with E-state index in [1.54, 1.807) is 0 Å². The molecule has 6 nitrogen and oxygen atoms in total. The van der Waals surface area contributed by atoms with Crippen LogP contribution in [0.1, 0.15) is 89.0 Å². The largest absolute Gasteiger partial charge is 0.341 e. The normalized spacial score (nSPS) is 28.9. The Labute approximate surface area is 216 Å². The number of hydrogen-bond acceptors (Lipinski definition) is 4. The molecular formula is C30H43N3O3. The Hall–Kier alpha value is -2.21. The molecule has 4 fully saturated rings. The first-order chi connectivity index (χ1) is 17.6. The molecule has 4 unspecified atom stereocenters. The minimum absolute atomic E-state index is 0.109. The van der Waals surface area contributed by atoms with Crippen LogP contribution in [0.4, 0.5) is 0 Å². The summed E-state index contributed by atoms with van der Waals surface area (Å²) in [6.07, 6.45) is 14.4. The van der Waals surface area contributed by atoms with Crippen molar-refractivity contribution >= 4 is 17.6 Å². The number of aryl methyl sites for hydroxylation is 1. The highest BCUT2D eigenvalue weighted by Crippen LogP contribution is 2.34. The molecule has 1 aromatic rings. The zero-order valence-corrected chi connectivity index (χ0v) is 21.8. The smallest absolute Gasteiger partial charge is 0.291 e. The molecule has 0 spiro atoms. The van der Waals surface area contributed by atoms with Crippen LogP contribution in [0.2, 0.25) is 0 Å². The summed E-state index contributed by atoms with van der Waals surface area (Å²) >= 11 is 0. The summed E-state index contributed by atoms with van der Waals surface area (Å²) in [7, 11) is 0. The van der Waals surface area contributed by atoms with Crippen LogP contribution in [0.25, 0.3) is 0 Å². The summed E-state index contributed by atoms with van der Waals surface area (Å²) in [6, 6.07) is 11.0. The standard InChI is InChI=1S/C30H43N3O3/c34-28(30(36)33-25-13-4-5-14-26(33)17-8-16-25)22-32-24-15-9-18-27(32)29(35)31(21-19-24)20-7-6-12-23-10-2-1-3-11-23/h1-3,10-11,24-27H,4-9,12-22H2. The molecule has 0 aromatic heterocycles. The molecule has 4 atom stereocenters. The predicted octanol–water partition coefficient (Wildman–Crippen LogP) is 4.36. The Morgan fingerprint density at radius 3 is 2.19 bits per heavy atom. The van der Waals surface area contributed by atoms with Crippen LogP contribution in [0.5, 0.6) is 0 Å². The molecule has 5 rings (SSSR count). The molecule has 0 N–H and O–H groups in total. The zero-order valence-electron chi connectivity index (χ0n) is 21.8. The van der Waals surface area contributed by atoms with Gasteiger partial charge >= 0.3 is 0 Å². The summed E-state index contributed by atoms with van der Waals surface area (Å²) in [6.45, 7) is 1.66. The number of fused-ring (bicyclic) bond motifs is 4. The fraction of sp³-hybridized carbons (Fsp3) is 0.700. The van der Waals surface area contributed by atoms with Gasteiger partial charge in [0.05, 0.1) is 12.6 Å². The van der Waals surface area contributed by atoms with Gasteiger partial charge in [0, 0.05) is 31.2 Å². The summed E-state index contributed by atoms with van der Waals surface area (Å²) in [5.41, 5.74) is 1.35. The van der Waals surface area contributed by atoms with Crippen LogP contribution in [0.3, 0.4) is 0 Å². The molecule has 36 heavy (non-hydrogen) atoms. The second-order valence-corrected chi connectivity index (χ2v) is 11.5. The van der Waals surface area contributed by atoms with Crippen molar-refractivity contribution in [2.75, 3.05) is 19.6 Å². The van der Waals surface area contributed by atoms with E-state index in [2.05, 4.69) is 29.2 Å². The molecule has 196 valence electrons. The Bertz CT molecular complexity index is 905. The molecule has 4 heterocycles. The first-order valence-electron chi connectivity index (χ1n) is 14.6. The highest BCUT2D eigenvalue weighted by atomic mass is 16.2. The molecular weight excluding hydrogens is 450 g/mol. The number of benzene rings is 1. The maximum Gasteiger partial charge on any atom is 0.291 e. The van der Waals surface area contributed by atoms with Crippen LogP contribution in [-0.2, 0) is 20.8 Å². The SMILES string of the molecule is O=C(CN1C2CCCC1C(=O)N(CCCCc1ccccc1)CC2)C(=O)N1C2CCCCC1CCC2. The fourth-order valence-corrected chi connectivity index (χ4v) is 7.27. The highest BCUT2D eigenvalue weighted by Gasteiger charge is 2.43. The Balaban J connectivity index is 1.19. The van der Waals surface area contributed by atoms with Crippen molar-refractivity contribution in [3.05, 3.63) is 35.9 Å². The van der Waals surface area contributed by atoms with Crippen molar-refractivity contribution in [2.24, 2.45) is 0 Å². The Morgan fingerprint density at radius 1 is 0.778 bits per heavy atom. The highest BCUT2D eigenvalue weighted by molar-refractivity contribution is 6.37. The maximum absolute atomic E-state index is 13.6. The second-order valence-electron chi connectivity index (χ2n) is 11.5. The van der Waals surface area contributed by atoms with Crippen LogP contribution in [0.15, 0.2) is 30.3 Å². The predicted molar refractivity (Wildman–Crippen MR) is 140 cm³/mol. The van der Waals surface area contributed by atoms with E-state index in [1.807, 2.05) is 15.9 Å². The van der Waals surface area contributed by atoms with Gasteiger partial charge < -0.3 is 9.80 Å². The number of unbranched alkanes of at least 4 members (excludes halogenated alkanes) is 1. The lowest BCUT2D eigenvalue weighted by molar-refractivity contribution is -0.151. The average molecular weight is 494 g/mol. The monoisotopic (exact) mass is 493 g/mol. The van der Waals surface area contributed by atoms with E-state index in [4.69, 9.17) is 0 Å². The summed E-state index contributed by atoms with van der Waals surface area (Å²) in [5.74, 6) is -0.405. The van der Waals surface area contributed by atoms with Gasteiger partial charge in [-0.1, -0.05) is 43.2 Å². The Morgan fingerprint density at radius 2 is 1.44 bits per heavy atom. The van der Waals surface area contributed by atoms with E-state index in [9.17, 15) is 14.4 Å². The first kappa shape index (κ1) is 25.4. The number of Topliss-reactive ketones (excluding diaryl/α,β-unsaturated/α-hetero) is 1. The Kier molecular flexibility index (Phi) is 8.40. The van der Waals surface area contributed by atoms with Crippen molar-refractivity contribution < 1.29 is 14.4 Å². The zero-order chi connectivity index (χ0) is 24.9. The fourth-order valence-electron chi connectivity index (χ4n) is 7.27. The van der Waals surface area contributed by atoms with Gasteiger partial charge in [0.1, 0.15) is 0 Å². The van der Waals surface area contributed by atoms with Crippen molar-refractivity contribution in [3.8, 4) is 0 Å². The molecule has 4 aliphatic heterocycles. The van der Waals surface area contributed by atoms with E-state index in [0.717, 1.165) is 96.6 Å². The van der Waals surface area contributed by atoms with E-state index in [-0.39, 0.29) is 48.3 Å². The molecule has 4 aliphatic rings. The van der Waals surface area contributed by atoms with E-state index in [1.165, 1.54) is 12.0 Å². The number of hydrogen-bond donors (Lipinski definition) is 0. The van der Waals surface area contributed by atoms with Crippen molar-refractivity contribution in [2.45, 2.75) is 114 Å². The lowest BCUT2D eigenvalue weighted by atomic mass is 9.92. The number of piperidine rings is 2. The van der Waals surface area contributed by atoms with Gasteiger partial charge in [-0.25, -0.2) is 0 Å². The van der Waals surface area contributed by atoms with Gasteiger partial charge in [0.2, 0.25) is 11.7 Å². The van der Waals surface area contributed by atoms with Gasteiger partial charge in [0.15, 0.2) is 0 Å². The second kappa shape index (κ2) is 11.9. The molecule has 4 saturated heterocycles. The van der Waals surface area contributed by atoms with Gasteiger partial charge in [0.25, 0.3) is 5.91 Å². The van der Waals surface area contributed by atoms with Gasteiger partial charge in [-0.2, -0.15) is 0 Å². The van der Waals surface area contributed by atoms with E-state index in [0.29, 0.717) is 0 Å². The molecule has 0 radical (unpaired) electrons. The number of nitrogens with zero attached hydrogens (tertiary/aromatic N) is 3.